The van der Waals surface area contributed by atoms with E-state index in [2.05, 4.69) is 64.3 Å². The molecule has 0 amide bonds. The Bertz CT molecular complexity index is 539. The average molecular weight is 340 g/mol. The van der Waals surface area contributed by atoms with Gasteiger partial charge in [0.15, 0.2) is 0 Å². The van der Waals surface area contributed by atoms with Crippen LogP contribution in [-0.2, 0) is 6.42 Å². The molecule has 2 aromatic rings. The first kappa shape index (κ1) is 14.5. The summed E-state index contributed by atoms with van der Waals surface area (Å²) in [7, 11) is 0. The summed E-state index contributed by atoms with van der Waals surface area (Å²) >= 11 is 5.22. The van der Waals surface area contributed by atoms with Gasteiger partial charge in [-0.2, -0.15) is 0 Å². The van der Waals surface area contributed by atoms with E-state index in [4.69, 9.17) is 0 Å². The monoisotopic (exact) mass is 339 g/mol. The molecule has 3 nitrogen and oxygen atoms in total. The van der Waals surface area contributed by atoms with Crippen LogP contribution in [0.4, 0.5) is 5.13 Å². The Labute approximate surface area is 126 Å². The van der Waals surface area contributed by atoms with Gasteiger partial charge in [0.2, 0.25) is 5.13 Å². The number of benzene rings is 1. The Kier molecular flexibility index (Phi) is 4.93. The van der Waals surface area contributed by atoms with Gasteiger partial charge in [-0.1, -0.05) is 59.3 Å². The molecule has 2 rings (SSSR count). The molecule has 1 aromatic heterocycles. The maximum Gasteiger partial charge on any atom is 0.206 e. The lowest BCUT2D eigenvalue weighted by atomic mass is 10.1. The van der Waals surface area contributed by atoms with Gasteiger partial charge in [-0.3, -0.25) is 0 Å². The minimum Gasteiger partial charge on any atom is -0.354 e. The van der Waals surface area contributed by atoms with E-state index >= 15 is 0 Å². The summed E-state index contributed by atoms with van der Waals surface area (Å²) in [5.41, 5.74) is 1.23. The fraction of sp³-hybridized carbons (Fsp3) is 0.429. The molecule has 1 aromatic carbocycles. The standard InChI is InChI=1S/C14H18BrN3S/c1-9(2)8-13-17-18-14(19-13)16-10(3)11-6-4-5-7-12(11)15/h4-7,9-10H,8H2,1-3H3,(H,16,18). The van der Waals surface area contributed by atoms with E-state index in [1.165, 1.54) is 5.56 Å². The maximum absolute atomic E-state index is 4.22. The minimum absolute atomic E-state index is 0.204. The van der Waals surface area contributed by atoms with Gasteiger partial charge < -0.3 is 5.32 Å². The van der Waals surface area contributed by atoms with E-state index in [0.717, 1.165) is 21.0 Å². The van der Waals surface area contributed by atoms with E-state index in [1.54, 1.807) is 11.3 Å². The van der Waals surface area contributed by atoms with Gasteiger partial charge in [0.25, 0.3) is 0 Å². The molecular weight excluding hydrogens is 322 g/mol. The van der Waals surface area contributed by atoms with Crippen molar-refractivity contribution in [1.29, 1.82) is 0 Å². The molecule has 1 N–H and O–H groups in total. The van der Waals surface area contributed by atoms with E-state index in [0.29, 0.717) is 5.92 Å². The molecule has 1 heterocycles. The number of nitrogens with zero attached hydrogens (tertiary/aromatic N) is 2. The lowest BCUT2D eigenvalue weighted by Gasteiger charge is -2.14. The second kappa shape index (κ2) is 6.48. The summed E-state index contributed by atoms with van der Waals surface area (Å²) < 4.78 is 1.11. The number of hydrogen-bond acceptors (Lipinski definition) is 4. The number of aromatic nitrogens is 2. The van der Waals surface area contributed by atoms with Crippen molar-refractivity contribution < 1.29 is 0 Å². The lowest BCUT2D eigenvalue weighted by molar-refractivity contribution is 0.640. The van der Waals surface area contributed by atoms with Gasteiger partial charge in [0.1, 0.15) is 5.01 Å². The van der Waals surface area contributed by atoms with Crippen LogP contribution in [0.3, 0.4) is 0 Å². The highest BCUT2D eigenvalue weighted by Gasteiger charge is 2.12. The Hall–Kier alpha value is -0.940. The van der Waals surface area contributed by atoms with Crippen molar-refractivity contribution in [3.63, 3.8) is 0 Å². The molecule has 0 bridgehead atoms. The predicted molar refractivity (Wildman–Crippen MR) is 84.6 cm³/mol. The molecule has 0 saturated heterocycles. The second-order valence-corrected chi connectivity index (χ2v) is 6.90. The summed E-state index contributed by atoms with van der Waals surface area (Å²) in [5, 5.41) is 13.8. The first-order valence-electron chi connectivity index (χ1n) is 6.39. The molecule has 102 valence electrons. The van der Waals surface area contributed by atoms with E-state index in [1.807, 2.05) is 12.1 Å². The van der Waals surface area contributed by atoms with Gasteiger partial charge in [-0.05, 0) is 24.5 Å². The fourth-order valence-corrected chi connectivity index (χ4v) is 3.50. The first-order chi connectivity index (χ1) is 9.06. The van der Waals surface area contributed by atoms with Crippen molar-refractivity contribution in [3.05, 3.63) is 39.3 Å². The zero-order valence-electron chi connectivity index (χ0n) is 11.4. The van der Waals surface area contributed by atoms with Crippen molar-refractivity contribution in [2.24, 2.45) is 5.92 Å². The highest BCUT2D eigenvalue weighted by molar-refractivity contribution is 9.10. The van der Waals surface area contributed by atoms with E-state index < -0.39 is 0 Å². The summed E-state index contributed by atoms with van der Waals surface area (Å²) in [6.45, 7) is 6.51. The number of nitrogens with one attached hydrogen (secondary N) is 1. The fourth-order valence-electron chi connectivity index (χ4n) is 1.83. The van der Waals surface area contributed by atoms with E-state index in [9.17, 15) is 0 Å². The van der Waals surface area contributed by atoms with Gasteiger partial charge in [0, 0.05) is 10.9 Å². The Morgan fingerprint density at radius 3 is 2.63 bits per heavy atom. The third-order valence-electron chi connectivity index (χ3n) is 2.76. The molecule has 0 aliphatic carbocycles. The van der Waals surface area contributed by atoms with Crippen LogP contribution in [0.2, 0.25) is 0 Å². The van der Waals surface area contributed by atoms with Gasteiger partial charge >= 0.3 is 0 Å². The molecule has 1 unspecified atom stereocenters. The van der Waals surface area contributed by atoms with Gasteiger partial charge in [-0.25, -0.2) is 0 Å². The van der Waals surface area contributed by atoms with Crippen molar-refractivity contribution in [3.8, 4) is 0 Å². The van der Waals surface area contributed by atoms with Crippen LogP contribution in [0.5, 0.6) is 0 Å². The van der Waals surface area contributed by atoms with Gasteiger partial charge in [-0.15, -0.1) is 10.2 Å². The zero-order valence-corrected chi connectivity index (χ0v) is 13.8. The summed E-state index contributed by atoms with van der Waals surface area (Å²) in [4.78, 5) is 0. The average Bonchev–Trinajstić information content (AvgIpc) is 2.76. The Morgan fingerprint density at radius 2 is 1.95 bits per heavy atom. The van der Waals surface area contributed by atoms with Crippen LogP contribution in [0, 0.1) is 5.92 Å². The molecular formula is C14H18BrN3S. The number of rotatable bonds is 5. The first-order valence-corrected chi connectivity index (χ1v) is 8.00. The van der Waals surface area contributed by atoms with Crippen molar-refractivity contribution in [2.45, 2.75) is 33.2 Å². The number of halogens is 1. The molecule has 5 heteroatoms. The van der Waals surface area contributed by atoms with Crippen LogP contribution in [0.1, 0.15) is 37.4 Å². The third kappa shape index (κ3) is 4.01. The van der Waals surface area contributed by atoms with Crippen LogP contribution in [0.15, 0.2) is 28.7 Å². The van der Waals surface area contributed by atoms with Crippen LogP contribution < -0.4 is 5.32 Å². The Morgan fingerprint density at radius 1 is 1.21 bits per heavy atom. The largest absolute Gasteiger partial charge is 0.354 e. The highest BCUT2D eigenvalue weighted by atomic mass is 79.9. The molecule has 19 heavy (non-hydrogen) atoms. The lowest BCUT2D eigenvalue weighted by Crippen LogP contribution is -2.06. The van der Waals surface area contributed by atoms with Crippen molar-refractivity contribution >= 4 is 32.4 Å². The molecule has 0 saturated carbocycles. The molecule has 0 aliphatic rings. The summed E-state index contributed by atoms with van der Waals surface area (Å²) in [6, 6.07) is 8.43. The maximum atomic E-state index is 4.22. The number of hydrogen-bond donors (Lipinski definition) is 1. The zero-order chi connectivity index (χ0) is 13.8. The summed E-state index contributed by atoms with van der Waals surface area (Å²) in [6.07, 6.45) is 0.989. The van der Waals surface area contributed by atoms with Crippen LogP contribution in [-0.4, -0.2) is 10.2 Å². The number of anilines is 1. The predicted octanol–water partition coefficient (Wildman–Crippen LogP) is 4.67. The highest BCUT2D eigenvalue weighted by Crippen LogP contribution is 2.27. The molecule has 1 atom stereocenters. The topological polar surface area (TPSA) is 37.8 Å². The minimum atomic E-state index is 0.204. The van der Waals surface area contributed by atoms with E-state index in [-0.39, 0.29) is 6.04 Å². The molecule has 0 fully saturated rings. The quantitative estimate of drug-likeness (QED) is 0.859. The third-order valence-corrected chi connectivity index (χ3v) is 4.36. The molecule has 0 radical (unpaired) electrons. The SMILES string of the molecule is CC(C)Cc1nnc(NC(C)c2ccccc2Br)s1. The summed E-state index contributed by atoms with van der Waals surface area (Å²) in [5.74, 6) is 0.612. The van der Waals surface area contributed by atoms with Crippen molar-refractivity contribution in [1.82, 2.24) is 10.2 Å². The van der Waals surface area contributed by atoms with Crippen LogP contribution >= 0.6 is 27.3 Å². The smallest absolute Gasteiger partial charge is 0.206 e. The van der Waals surface area contributed by atoms with Crippen molar-refractivity contribution in [2.75, 3.05) is 5.32 Å². The Balaban J connectivity index is 2.05. The second-order valence-electron chi connectivity index (χ2n) is 4.99. The molecule has 0 spiro atoms. The van der Waals surface area contributed by atoms with Crippen LogP contribution in [0.25, 0.3) is 0 Å². The van der Waals surface area contributed by atoms with Gasteiger partial charge in [0.05, 0.1) is 6.04 Å². The normalized spacial score (nSPS) is 12.7. The molecule has 0 aliphatic heterocycles.